The predicted octanol–water partition coefficient (Wildman–Crippen LogP) is 4.16. The zero-order valence-electron chi connectivity index (χ0n) is 15.5. The summed E-state index contributed by atoms with van der Waals surface area (Å²) >= 11 is 0. The Morgan fingerprint density at radius 1 is 1.12 bits per heavy atom. The van der Waals surface area contributed by atoms with E-state index >= 15 is 0 Å². The summed E-state index contributed by atoms with van der Waals surface area (Å²) < 4.78 is 28.7. The van der Waals surface area contributed by atoms with Crippen molar-refractivity contribution < 1.29 is 8.78 Å². The van der Waals surface area contributed by atoms with Crippen molar-refractivity contribution in [2.24, 2.45) is 10.7 Å². The Hall–Kier alpha value is -2.69. The Bertz CT molecular complexity index is 933. The summed E-state index contributed by atoms with van der Waals surface area (Å²) in [6, 6.07) is 8.31. The molecule has 2 N–H and O–H groups in total. The van der Waals surface area contributed by atoms with E-state index in [1.807, 2.05) is 25.1 Å². The zero-order chi connectivity index (χ0) is 19.2. The molecule has 1 aliphatic rings. The molecular weight excluding hydrogens is 332 g/mol. The largest absolute Gasteiger partial charge is 0.369 e. The van der Waals surface area contributed by atoms with Crippen LogP contribution in [-0.4, -0.2) is 17.9 Å². The van der Waals surface area contributed by atoms with Crippen molar-refractivity contribution in [1.82, 2.24) is 4.90 Å². The van der Waals surface area contributed by atoms with Crippen LogP contribution in [0.1, 0.15) is 34.7 Å². The molecule has 2 aromatic rings. The number of guanidine groups is 1. The molecule has 0 radical (unpaired) electrons. The van der Waals surface area contributed by atoms with Crippen molar-refractivity contribution >= 4 is 5.96 Å². The van der Waals surface area contributed by atoms with Crippen LogP contribution in [0.15, 0.2) is 47.6 Å². The SMILES string of the molecule is C=C1N(C)C(N)=NC1(c1ccc(CC)c(C)c1)c1cc(C)c(F)cc1F. The number of nitrogens with two attached hydrogens (primary N) is 1. The molecule has 0 spiro atoms. The maximum absolute atomic E-state index is 14.9. The van der Waals surface area contributed by atoms with E-state index in [-0.39, 0.29) is 11.5 Å². The average Bonchev–Trinajstić information content (AvgIpc) is 2.83. The molecular formula is C21H23F2N3. The number of aliphatic imine (C=N–C) groups is 1. The molecule has 5 heteroatoms. The Morgan fingerprint density at radius 2 is 1.81 bits per heavy atom. The Balaban J connectivity index is 2.35. The molecule has 26 heavy (non-hydrogen) atoms. The summed E-state index contributed by atoms with van der Waals surface area (Å²) in [6.07, 6.45) is 0.898. The molecule has 0 aliphatic carbocycles. The third-order valence-corrected chi connectivity index (χ3v) is 5.23. The van der Waals surface area contributed by atoms with Gasteiger partial charge in [0.25, 0.3) is 0 Å². The fraction of sp³-hybridized carbons (Fsp3) is 0.286. The van der Waals surface area contributed by atoms with E-state index in [0.717, 1.165) is 23.6 Å². The van der Waals surface area contributed by atoms with Crippen LogP contribution in [0.5, 0.6) is 0 Å². The van der Waals surface area contributed by atoms with Gasteiger partial charge in [-0.25, -0.2) is 13.8 Å². The molecule has 0 bridgehead atoms. The van der Waals surface area contributed by atoms with Gasteiger partial charge in [0.05, 0.1) is 5.70 Å². The normalized spacial score (nSPS) is 19.8. The summed E-state index contributed by atoms with van der Waals surface area (Å²) in [7, 11) is 1.74. The molecule has 1 atom stereocenters. The van der Waals surface area contributed by atoms with Gasteiger partial charge in [-0.15, -0.1) is 0 Å². The first-order valence-electron chi connectivity index (χ1n) is 8.57. The Kier molecular flexibility index (Phi) is 4.34. The van der Waals surface area contributed by atoms with Crippen LogP contribution in [0.4, 0.5) is 8.78 Å². The van der Waals surface area contributed by atoms with E-state index in [1.54, 1.807) is 18.9 Å². The van der Waals surface area contributed by atoms with E-state index in [1.165, 1.54) is 11.6 Å². The Morgan fingerprint density at radius 3 is 2.35 bits per heavy atom. The van der Waals surface area contributed by atoms with Crippen LogP contribution in [-0.2, 0) is 12.0 Å². The average molecular weight is 355 g/mol. The molecule has 3 nitrogen and oxygen atoms in total. The molecule has 0 aromatic heterocycles. The first-order chi connectivity index (χ1) is 12.2. The molecule has 0 saturated heterocycles. The maximum atomic E-state index is 14.9. The van der Waals surface area contributed by atoms with Crippen LogP contribution in [0.25, 0.3) is 0 Å². The first-order valence-corrected chi connectivity index (χ1v) is 8.57. The third kappa shape index (κ3) is 2.50. The highest BCUT2D eigenvalue weighted by Gasteiger charge is 2.46. The van der Waals surface area contributed by atoms with Crippen LogP contribution >= 0.6 is 0 Å². The lowest BCUT2D eigenvalue weighted by Gasteiger charge is -2.31. The molecule has 1 unspecified atom stereocenters. The number of hydrogen-bond donors (Lipinski definition) is 1. The molecule has 1 aliphatic heterocycles. The highest BCUT2D eigenvalue weighted by atomic mass is 19.1. The highest BCUT2D eigenvalue weighted by Crippen LogP contribution is 2.46. The van der Waals surface area contributed by atoms with Crippen molar-refractivity contribution in [3.63, 3.8) is 0 Å². The van der Waals surface area contributed by atoms with Crippen molar-refractivity contribution in [3.8, 4) is 0 Å². The van der Waals surface area contributed by atoms with Crippen molar-refractivity contribution in [1.29, 1.82) is 0 Å². The topological polar surface area (TPSA) is 41.6 Å². The minimum atomic E-state index is -1.21. The van der Waals surface area contributed by atoms with E-state index in [9.17, 15) is 8.78 Å². The van der Waals surface area contributed by atoms with Gasteiger partial charge in [0.2, 0.25) is 0 Å². The summed E-state index contributed by atoms with van der Waals surface area (Å²) in [5, 5.41) is 0. The second kappa shape index (κ2) is 6.24. The van der Waals surface area contributed by atoms with Crippen molar-refractivity contribution in [3.05, 3.63) is 82.1 Å². The van der Waals surface area contributed by atoms with E-state index in [2.05, 4.69) is 18.5 Å². The number of halogens is 2. The minimum Gasteiger partial charge on any atom is -0.369 e. The smallest absolute Gasteiger partial charge is 0.197 e. The lowest BCUT2D eigenvalue weighted by atomic mass is 9.79. The van der Waals surface area contributed by atoms with Gasteiger partial charge in [0.15, 0.2) is 11.5 Å². The quantitative estimate of drug-likeness (QED) is 0.898. The Labute approximate surface area is 152 Å². The number of aryl methyl sites for hydroxylation is 3. The molecule has 3 rings (SSSR count). The fourth-order valence-corrected chi connectivity index (χ4v) is 3.55. The zero-order valence-corrected chi connectivity index (χ0v) is 15.5. The van der Waals surface area contributed by atoms with Gasteiger partial charge in [0, 0.05) is 18.7 Å². The van der Waals surface area contributed by atoms with Gasteiger partial charge < -0.3 is 10.6 Å². The summed E-state index contributed by atoms with van der Waals surface area (Å²) in [5.41, 5.74) is 9.01. The number of likely N-dealkylation sites (N-methyl/N-ethyl adjacent to an activating group) is 1. The van der Waals surface area contributed by atoms with E-state index in [4.69, 9.17) is 5.73 Å². The van der Waals surface area contributed by atoms with Gasteiger partial charge in [-0.1, -0.05) is 31.7 Å². The second-order valence-electron chi connectivity index (χ2n) is 6.76. The van der Waals surface area contributed by atoms with Gasteiger partial charge in [-0.2, -0.15) is 0 Å². The predicted molar refractivity (Wildman–Crippen MR) is 101 cm³/mol. The monoisotopic (exact) mass is 355 g/mol. The van der Waals surface area contributed by atoms with Gasteiger partial charge in [0.1, 0.15) is 11.6 Å². The molecule has 1 heterocycles. The number of rotatable bonds is 3. The molecule has 0 saturated carbocycles. The molecule has 136 valence electrons. The molecule has 2 aromatic carbocycles. The first kappa shape index (κ1) is 18.1. The summed E-state index contributed by atoms with van der Waals surface area (Å²) in [5.74, 6) is -1.01. The standard InChI is InChI=1S/C21H23F2N3/c1-6-15-7-8-16(9-12(15)2)21(14(4)26(5)20(24)25-21)17-10-13(3)18(22)11-19(17)23/h7-11H,4,6H2,1-3,5H3,(H2,24,25). The van der Waals surface area contributed by atoms with Crippen molar-refractivity contribution in [2.45, 2.75) is 32.7 Å². The van der Waals surface area contributed by atoms with E-state index in [0.29, 0.717) is 11.3 Å². The van der Waals surface area contributed by atoms with Crippen LogP contribution < -0.4 is 5.73 Å². The molecule has 0 fully saturated rings. The minimum absolute atomic E-state index is 0.244. The summed E-state index contributed by atoms with van der Waals surface area (Å²) in [4.78, 5) is 6.25. The van der Waals surface area contributed by atoms with Gasteiger partial charge >= 0.3 is 0 Å². The highest BCUT2D eigenvalue weighted by molar-refractivity contribution is 5.85. The number of nitrogens with zero attached hydrogens (tertiary/aromatic N) is 2. The van der Waals surface area contributed by atoms with E-state index < -0.39 is 17.2 Å². The fourth-order valence-electron chi connectivity index (χ4n) is 3.55. The van der Waals surface area contributed by atoms with Gasteiger partial charge in [-0.3, -0.25) is 0 Å². The number of hydrogen-bond acceptors (Lipinski definition) is 3. The lowest BCUT2D eigenvalue weighted by molar-refractivity contribution is 0.498. The van der Waals surface area contributed by atoms with Crippen LogP contribution in [0.3, 0.4) is 0 Å². The summed E-state index contributed by atoms with van der Waals surface area (Å²) in [6.45, 7) is 9.82. The molecule has 0 amide bonds. The lowest BCUT2D eigenvalue weighted by Crippen LogP contribution is -2.32. The van der Waals surface area contributed by atoms with Crippen LogP contribution in [0.2, 0.25) is 0 Å². The second-order valence-corrected chi connectivity index (χ2v) is 6.76. The van der Waals surface area contributed by atoms with Crippen molar-refractivity contribution in [2.75, 3.05) is 7.05 Å². The van der Waals surface area contributed by atoms with Crippen LogP contribution in [0, 0.1) is 25.5 Å². The third-order valence-electron chi connectivity index (χ3n) is 5.23. The maximum Gasteiger partial charge on any atom is 0.197 e. The van der Waals surface area contributed by atoms with Gasteiger partial charge in [-0.05, 0) is 48.6 Å². The number of benzene rings is 2.